The first kappa shape index (κ1) is 9.96. The quantitative estimate of drug-likeness (QED) is 0.526. The van der Waals surface area contributed by atoms with Crippen LogP contribution in [0, 0.1) is 11.8 Å². The summed E-state index contributed by atoms with van der Waals surface area (Å²) in [6.45, 7) is 7.71. The van der Waals surface area contributed by atoms with Crippen LogP contribution in [0.5, 0.6) is 0 Å². The summed E-state index contributed by atoms with van der Waals surface area (Å²) in [6, 6.07) is 0. The van der Waals surface area contributed by atoms with Crippen molar-refractivity contribution in [1.29, 1.82) is 0 Å². The molecule has 1 aliphatic rings. The summed E-state index contributed by atoms with van der Waals surface area (Å²) in [5.74, 6) is -0.213. The van der Waals surface area contributed by atoms with Gasteiger partial charge in [-0.3, -0.25) is 14.9 Å². The lowest BCUT2D eigenvalue weighted by atomic mass is 9.88. The number of rotatable bonds is 3. The van der Waals surface area contributed by atoms with Crippen molar-refractivity contribution in [3.8, 4) is 0 Å². The maximum absolute atomic E-state index is 11.2. The van der Waals surface area contributed by atoms with Crippen molar-refractivity contribution in [3.05, 3.63) is 12.2 Å². The van der Waals surface area contributed by atoms with E-state index >= 15 is 0 Å². The third-order valence-electron chi connectivity index (χ3n) is 2.36. The van der Waals surface area contributed by atoms with Gasteiger partial charge in [0.2, 0.25) is 11.8 Å². The van der Waals surface area contributed by atoms with Crippen LogP contribution >= 0.6 is 0 Å². The minimum Gasteiger partial charge on any atom is -0.296 e. The van der Waals surface area contributed by atoms with Crippen molar-refractivity contribution < 1.29 is 9.59 Å². The second-order valence-electron chi connectivity index (χ2n) is 3.86. The van der Waals surface area contributed by atoms with Gasteiger partial charge in [-0.1, -0.05) is 12.5 Å². The topological polar surface area (TPSA) is 46.2 Å². The van der Waals surface area contributed by atoms with Gasteiger partial charge >= 0.3 is 0 Å². The molecule has 3 nitrogen and oxygen atoms in total. The lowest BCUT2D eigenvalue weighted by Gasteiger charge is -2.15. The Morgan fingerprint density at radius 1 is 1.69 bits per heavy atom. The minimum atomic E-state index is -0.149. The Kier molecular flexibility index (Phi) is 2.86. The minimum absolute atomic E-state index is 0.126. The van der Waals surface area contributed by atoms with Crippen LogP contribution in [0.15, 0.2) is 12.2 Å². The molecule has 1 N–H and O–H groups in total. The fourth-order valence-corrected chi connectivity index (χ4v) is 1.73. The molecule has 72 valence electrons. The summed E-state index contributed by atoms with van der Waals surface area (Å²) < 4.78 is 0. The van der Waals surface area contributed by atoms with Gasteiger partial charge in [0.1, 0.15) is 0 Å². The van der Waals surface area contributed by atoms with Crippen LogP contribution in [0.4, 0.5) is 0 Å². The molecule has 3 heteroatoms. The summed E-state index contributed by atoms with van der Waals surface area (Å²) in [6.07, 6.45) is 1.15. The predicted molar refractivity (Wildman–Crippen MR) is 49.9 cm³/mol. The standard InChI is InChI=1S/C10H15NO2/c1-6(2)4-7(3)8-5-9(12)11-10(8)13/h7-8H,1,4-5H2,2-3H3,(H,11,12,13). The van der Waals surface area contributed by atoms with Crippen LogP contribution in [0.25, 0.3) is 0 Å². The zero-order valence-corrected chi connectivity index (χ0v) is 8.09. The predicted octanol–water partition coefficient (Wildman–Crippen LogP) is 1.25. The van der Waals surface area contributed by atoms with E-state index in [0.29, 0.717) is 6.42 Å². The van der Waals surface area contributed by atoms with Gasteiger partial charge in [-0.25, -0.2) is 0 Å². The molecule has 1 rings (SSSR count). The molecule has 0 spiro atoms. The highest BCUT2D eigenvalue weighted by atomic mass is 16.2. The van der Waals surface area contributed by atoms with Gasteiger partial charge in [-0.15, -0.1) is 6.58 Å². The molecule has 0 saturated carbocycles. The smallest absolute Gasteiger partial charge is 0.230 e. The van der Waals surface area contributed by atoms with Gasteiger partial charge in [0.25, 0.3) is 0 Å². The summed E-state index contributed by atoms with van der Waals surface area (Å²) in [5.41, 5.74) is 1.06. The van der Waals surface area contributed by atoms with E-state index < -0.39 is 0 Å². The number of carbonyl (C=O) groups is 2. The Labute approximate surface area is 78.2 Å². The van der Waals surface area contributed by atoms with Gasteiger partial charge in [0, 0.05) is 12.3 Å². The molecule has 2 amide bonds. The van der Waals surface area contributed by atoms with Crippen LogP contribution in [0.3, 0.4) is 0 Å². The highest BCUT2D eigenvalue weighted by Crippen LogP contribution is 2.25. The summed E-state index contributed by atoms with van der Waals surface area (Å²) in [4.78, 5) is 22.1. The third kappa shape index (κ3) is 2.41. The maximum atomic E-state index is 11.2. The van der Waals surface area contributed by atoms with E-state index in [2.05, 4.69) is 11.9 Å². The van der Waals surface area contributed by atoms with Gasteiger partial charge in [-0.2, -0.15) is 0 Å². The average molecular weight is 181 g/mol. The largest absolute Gasteiger partial charge is 0.296 e. The summed E-state index contributed by atoms with van der Waals surface area (Å²) >= 11 is 0. The number of imide groups is 1. The van der Waals surface area contributed by atoms with E-state index in [9.17, 15) is 9.59 Å². The Bertz CT molecular complexity index is 258. The molecule has 0 bridgehead atoms. The van der Waals surface area contributed by atoms with E-state index in [0.717, 1.165) is 12.0 Å². The monoisotopic (exact) mass is 181 g/mol. The molecule has 1 saturated heterocycles. The molecular weight excluding hydrogens is 166 g/mol. The van der Waals surface area contributed by atoms with E-state index in [-0.39, 0.29) is 23.7 Å². The molecule has 0 aliphatic carbocycles. The van der Waals surface area contributed by atoms with Crippen molar-refractivity contribution in [2.75, 3.05) is 0 Å². The molecule has 0 radical (unpaired) electrons. The van der Waals surface area contributed by atoms with Crippen LogP contribution in [-0.4, -0.2) is 11.8 Å². The number of carbonyl (C=O) groups excluding carboxylic acids is 2. The highest BCUT2D eigenvalue weighted by Gasteiger charge is 2.34. The van der Waals surface area contributed by atoms with Gasteiger partial charge in [0.15, 0.2) is 0 Å². The molecule has 2 unspecified atom stereocenters. The zero-order chi connectivity index (χ0) is 10.0. The normalized spacial score (nSPS) is 24.3. The average Bonchev–Trinajstić information content (AvgIpc) is 2.28. The van der Waals surface area contributed by atoms with E-state index in [1.165, 1.54) is 0 Å². The van der Waals surface area contributed by atoms with Crippen LogP contribution in [-0.2, 0) is 9.59 Å². The molecule has 0 aromatic carbocycles. The van der Waals surface area contributed by atoms with E-state index in [1.807, 2.05) is 13.8 Å². The first-order chi connectivity index (χ1) is 6.00. The fourth-order valence-electron chi connectivity index (χ4n) is 1.73. The molecule has 0 aromatic rings. The second kappa shape index (κ2) is 3.73. The zero-order valence-electron chi connectivity index (χ0n) is 8.09. The van der Waals surface area contributed by atoms with Gasteiger partial charge in [0.05, 0.1) is 0 Å². The Morgan fingerprint density at radius 3 is 2.69 bits per heavy atom. The Hall–Kier alpha value is -1.12. The van der Waals surface area contributed by atoms with Crippen molar-refractivity contribution in [2.45, 2.75) is 26.7 Å². The van der Waals surface area contributed by atoms with Crippen LogP contribution < -0.4 is 5.32 Å². The van der Waals surface area contributed by atoms with Gasteiger partial charge in [-0.05, 0) is 19.3 Å². The number of amides is 2. The number of allylic oxidation sites excluding steroid dienone is 1. The first-order valence-corrected chi connectivity index (χ1v) is 4.48. The van der Waals surface area contributed by atoms with Crippen molar-refractivity contribution in [2.24, 2.45) is 11.8 Å². The first-order valence-electron chi connectivity index (χ1n) is 4.48. The highest BCUT2D eigenvalue weighted by molar-refractivity contribution is 6.03. The number of nitrogens with one attached hydrogen (secondary N) is 1. The summed E-state index contributed by atoms with van der Waals surface area (Å²) in [7, 11) is 0. The van der Waals surface area contributed by atoms with Crippen molar-refractivity contribution >= 4 is 11.8 Å². The summed E-state index contributed by atoms with van der Waals surface area (Å²) in [5, 5.41) is 2.31. The molecule has 1 heterocycles. The molecule has 0 aromatic heterocycles. The fraction of sp³-hybridized carbons (Fsp3) is 0.600. The molecule has 13 heavy (non-hydrogen) atoms. The maximum Gasteiger partial charge on any atom is 0.230 e. The molecule has 1 fully saturated rings. The number of hydrogen-bond donors (Lipinski definition) is 1. The molecule has 2 atom stereocenters. The lowest BCUT2D eigenvalue weighted by Crippen LogP contribution is -2.25. The Morgan fingerprint density at radius 2 is 2.31 bits per heavy atom. The van der Waals surface area contributed by atoms with E-state index in [1.54, 1.807) is 0 Å². The van der Waals surface area contributed by atoms with Crippen molar-refractivity contribution in [1.82, 2.24) is 5.32 Å². The molecular formula is C10H15NO2. The van der Waals surface area contributed by atoms with Crippen molar-refractivity contribution in [3.63, 3.8) is 0 Å². The second-order valence-corrected chi connectivity index (χ2v) is 3.86. The molecule has 1 aliphatic heterocycles. The lowest BCUT2D eigenvalue weighted by molar-refractivity contribution is -0.126. The third-order valence-corrected chi connectivity index (χ3v) is 2.36. The van der Waals surface area contributed by atoms with Gasteiger partial charge < -0.3 is 0 Å². The Balaban J connectivity index is 2.56. The van der Waals surface area contributed by atoms with Crippen LogP contribution in [0.2, 0.25) is 0 Å². The number of hydrogen-bond acceptors (Lipinski definition) is 2. The van der Waals surface area contributed by atoms with E-state index in [4.69, 9.17) is 0 Å². The van der Waals surface area contributed by atoms with Crippen LogP contribution in [0.1, 0.15) is 26.7 Å². The SMILES string of the molecule is C=C(C)CC(C)C1CC(=O)NC1=O.